The molecule has 11 heteroatoms. The second-order valence-corrected chi connectivity index (χ2v) is 9.69. The van der Waals surface area contributed by atoms with E-state index in [0.717, 1.165) is 36.9 Å². The molecule has 2 aliphatic rings. The van der Waals surface area contributed by atoms with Gasteiger partial charge in [-0.25, -0.2) is 9.78 Å². The molecule has 4 rings (SSSR count). The minimum Gasteiger partial charge on any atom is -0.481 e. The SMILES string of the molecule is COc1cc(CC(=O)Nc2cc(C3CCC(N(CC4CCN(C(C)=O)CC4)C(=O)O)C3)[nH]n2)ccn1. The number of hydrogen-bond donors (Lipinski definition) is 3. The smallest absolute Gasteiger partial charge is 0.407 e. The first-order valence-corrected chi connectivity index (χ1v) is 12.4. The van der Waals surface area contributed by atoms with E-state index in [0.29, 0.717) is 37.8 Å². The lowest BCUT2D eigenvalue weighted by Gasteiger charge is -2.35. The summed E-state index contributed by atoms with van der Waals surface area (Å²) in [6.45, 7) is 3.46. The molecule has 2 unspecified atom stereocenters. The third-order valence-corrected chi connectivity index (χ3v) is 7.28. The highest BCUT2D eigenvalue weighted by Crippen LogP contribution is 2.37. The Balaban J connectivity index is 1.30. The molecule has 1 aliphatic carbocycles. The number of rotatable bonds is 8. The number of nitrogens with one attached hydrogen (secondary N) is 2. The normalized spacial score (nSPS) is 20.2. The molecule has 3 N–H and O–H groups in total. The van der Waals surface area contributed by atoms with Gasteiger partial charge in [-0.05, 0) is 49.7 Å². The molecular weight excluding hydrogens is 464 g/mol. The number of anilines is 1. The highest BCUT2D eigenvalue weighted by molar-refractivity contribution is 5.91. The largest absolute Gasteiger partial charge is 0.481 e. The van der Waals surface area contributed by atoms with E-state index < -0.39 is 6.09 Å². The van der Waals surface area contributed by atoms with Gasteiger partial charge in [-0.1, -0.05) is 0 Å². The summed E-state index contributed by atoms with van der Waals surface area (Å²) in [4.78, 5) is 43.6. The minimum atomic E-state index is -0.889. The molecule has 0 spiro atoms. The predicted octanol–water partition coefficient (Wildman–Crippen LogP) is 2.87. The van der Waals surface area contributed by atoms with Gasteiger partial charge in [0.1, 0.15) is 0 Å². The van der Waals surface area contributed by atoms with Gasteiger partial charge in [0.15, 0.2) is 5.82 Å². The van der Waals surface area contributed by atoms with Crippen molar-refractivity contribution in [3.63, 3.8) is 0 Å². The lowest BCUT2D eigenvalue weighted by Crippen LogP contribution is -2.45. The summed E-state index contributed by atoms with van der Waals surface area (Å²) in [5.74, 6) is 1.21. The first-order chi connectivity index (χ1) is 17.3. The third kappa shape index (κ3) is 6.32. The summed E-state index contributed by atoms with van der Waals surface area (Å²) in [5.41, 5.74) is 1.69. The summed E-state index contributed by atoms with van der Waals surface area (Å²) in [7, 11) is 1.53. The van der Waals surface area contributed by atoms with Gasteiger partial charge in [0.25, 0.3) is 0 Å². The van der Waals surface area contributed by atoms with Gasteiger partial charge in [-0.15, -0.1) is 0 Å². The number of likely N-dealkylation sites (tertiary alicyclic amines) is 1. The van der Waals surface area contributed by atoms with Gasteiger partial charge in [0.05, 0.1) is 13.5 Å². The lowest BCUT2D eigenvalue weighted by molar-refractivity contribution is -0.130. The number of carbonyl (C=O) groups is 3. The fourth-order valence-corrected chi connectivity index (χ4v) is 5.27. The number of hydrogen-bond acceptors (Lipinski definition) is 6. The van der Waals surface area contributed by atoms with Crippen LogP contribution in [0, 0.1) is 5.92 Å². The van der Waals surface area contributed by atoms with E-state index >= 15 is 0 Å². The Morgan fingerprint density at radius 2 is 2.00 bits per heavy atom. The molecular formula is C25H34N6O5. The van der Waals surface area contributed by atoms with E-state index in [-0.39, 0.29) is 36.1 Å². The number of nitrogens with zero attached hydrogens (tertiary/aromatic N) is 4. The molecule has 3 amide bonds. The van der Waals surface area contributed by atoms with E-state index in [1.54, 1.807) is 30.2 Å². The number of aromatic nitrogens is 3. The molecule has 2 aromatic rings. The quantitative estimate of drug-likeness (QED) is 0.508. The summed E-state index contributed by atoms with van der Waals surface area (Å²) < 4.78 is 5.10. The van der Waals surface area contributed by atoms with Crippen molar-refractivity contribution < 1.29 is 24.2 Å². The highest BCUT2D eigenvalue weighted by Gasteiger charge is 2.35. The molecule has 2 atom stereocenters. The standard InChI is InChI=1S/C25H34N6O5/c1-16(32)30-9-6-17(7-10-30)15-31(25(34)35)20-4-3-19(13-20)21-14-22(29-28-21)27-23(33)11-18-5-8-26-24(12-18)36-2/h5,8,12,14,17,19-20H,3-4,6-7,9-11,13,15H2,1-2H3,(H,34,35)(H2,27,28,29,33). The van der Waals surface area contributed by atoms with Crippen LogP contribution in [0.2, 0.25) is 0 Å². The molecule has 0 aromatic carbocycles. The van der Waals surface area contributed by atoms with Gasteiger partial charge in [-0.3, -0.25) is 14.7 Å². The second kappa shape index (κ2) is 11.4. The fraction of sp³-hybridized carbons (Fsp3) is 0.560. The zero-order valence-electron chi connectivity index (χ0n) is 20.8. The van der Waals surface area contributed by atoms with Gasteiger partial charge in [-0.2, -0.15) is 5.10 Å². The molecule has 0 radical (unpaired) electrons. The Morgan fingerprint density at radius 3 is 2.69 bits per heavy atom. The van der Waals surface area contributed by atoms with Crippen LogP contribution in [0.5, 0.6) is 5.88 Å². The Labute approximate surface area is 210 Å². The van der Waals surface area contributed by atoms with Crippen molar-refractivity contribution in [3.05, 3.63) is 35.7 Å². The monoisotopic (exact) mass is 498 g/mol. The van der Waals surface area contributed by atoms with E-state index in [1.807, 2.05) is 11.0 Å². The summed E-state index contributed by atoms with van der Waals surface area (Å²) in [6.07, 6.45) is 4.89. The van der Waals surface area contributed by atoms with E-state index in [4.69, 9.17) is 4.74 Å². The maximum absolute atomic E-state index is 12.5. The summed E-state index contributed by atoms with van der Waals surface area (Å²) in [6, 6.07) is 5.26. The van der Waals surface area contributed by atoms with Crippen LogP contribution in [0.25, 0.3) is 0 Å². The van der Waals surface area contributed by atoms with Crippen molar-refractivity contribution >= 4 is 23.7 Å². The van der Waals surface area contributed by atoms with Crippen molar-refractivity contribution in [1.82, 2.24) is 25.0 Å². The van der Waals surface area contributed by atoms with Gasteiger partial charge >= 0.3 is 6.09 Å². The average molecular weight is 499 g/mol. The number of piperidine rings is 1. The van der Waals surface area contributed by atoms with Gasteiger partial charge < -0.3 is 25.0 Å². The first-order valence-electron chi connectivity index (χ1n) is 12.4. The van der Waals surface area contributed by atoms with Crippen molar-refractivity contribution in [2.45, 2.75) is 57.4 Å². The Morgan fingerprint density at radius 1 is 1.22 bits per heavy atom. The Bertz CT molecular complexity index is 1080. The van der Waals surface area contributed by atoms with E-state index in [9.17, 15) is 19.5 Å². The predicted molar refractivity (Wildman–Crippen MR) is 132 cm³/mol. The van der Waals surface area contributed by atoms with Crippen LogP contribution >= 0.6 is 0 Å². The van der Waals surface area contributed by atoms with Crippen LogP contribution in [0.1, 0.15) is 56.2 Å². The van der Waals surface area contributed by atoms with E-state index in [2.05, 4.69) is 20.5 Å². The van der Waals surface area contributed by atoms with Crippen molar-refractivity contribution in [2.75, 3.05) is 32.1 Å². The highest BCUT2D eigenvalue weighted by atomic mass is 16.5. The minimum absolute atomic E-state index is 0.0543. The molecule has 36 heavy (non-hydrogen) atoms. The van der Waals surface area contributed by atoms with Crippen LogP contribution in [-0.4, -0.2) is 80.8 Å². The topological polar surface area (TPSA) is 141 Å². The maximum atomic E-state index is 12.5. The number of pyridine rings is 1. The molecule has 11 nitrogen and oxygen atoms in total. The number of ether oxygens (including phenoxy) is 1. The molecule has 1 aliphatic heterocycles. The number of aromatic amines is 1. The van der Waals surface area contributed by atoms with Crippen molar-refractivity contribution in [3.8, 4) is 5.88 Å². The van der Waals surface area contributed by atoms with Gasteiger partial charge in [0, 0.05) is 62.5 Å². The Kier molecular flexibility index (Phi) is 8.07. The van der Waals surface area contributed by atoms with Crippen LogP contribution in [0.4, 0.5) is 10.6 Å². The van der Waals surface area contributed by atoms with Crippen molar-refractivity contribution in [2.24, 2.45) is 5.92 Å². The van der Waals surface area contributed by atoms with Crippen LogP contribution < -0.4 is 10.1 Å². The molecule has 2 aromatic heterocycles. The number of methoxy groups -OCH3 is 1. The number of H-pyrrole nitrogens is 1. The zero-order chi connectivity index (χ0) is 25.7. The summed E-state index contributed by atoms with van der Waals surface area (Å²) >= 11 is 0. The second-order valence-electron chi connectivity index (χ2n) is 9.69. The molecule has 0 bridgehead atoms. The number of carbonyl (C=O) groups excluding carboxylic acids is 2. The fourth-order valence-electron chi connectivity index (χ4n) is 5.27. The molecule has 194 valence electrons. The van der Waals surface area contributed by atoms with Crippen LogP contribution in [0.3, 0.4) is 0 Å². The maximum Gasteiger partial charge on any atom is 0.407 e. The molecule has 1 saturated heterocycles. The van der Waals surface area contributed by atoms with Crippen LogP contribution in [-0.2, 0) is 16.0 Å². The van der Waals surface area contributed by atoms with E-state index in [1.165, 1.54) is 7.11 Å². The number of carboxylic acid groups (broad SMARTS) is 1. The first kappa shape index (κ1) is 25.5. The summed E-state index contributed by atoms with van der Waals surface area (Å²) in [5, 5.41) is 20.0. The Hall–Kier alpha value is -3.63. The molecule has 3 heterocycles. The third-order valence-electron chi connectivity index (χ3n) is 7.28. The molecule has 2 fully saturated rings. The van der Waals surface area contributed by atoms with Gasteiger partial charge in [0.2, 0.25) is 17.7 Å². The zero-order valence-corrected chi connectivity index (χ0v) is 20.8. The van der Waals surface area contributed by atoms with Crippen LogP contribution in [0.15, 0.2) is 24.4 Å². The molecule has 1 saturated carbocycles. The number of amides is 3. The lowest BCUT2D eigenvalue weighted by atomic mass is 9.95. The van der Waals surface area contributed by atoms with Crippen molar-refractivity contribution in [1.29, 1.82) is 0 Å². The average Bonchev–Trinajstić information content (AvgIpc) is 3.52.